The number of aliphatic hydroxyl groups is 1. The van der Waals surface area contributed by atoms with Crippen molar-refractivity contribution >= 4 is 17.8 Å². The van der Waals surface area contributed by atoms with Gasteiger partial charge in [0.15, 0.2) is 0 Å². The van der Waals surface area contributed by atoms with Gasteiger partial charge in [0.1, 0.15) is 11.5 Å². The zero-order valence-corrected chi connectivity index (χ0v) is 12.6. The molecule has 0 aromatic heterocycles. The molecule has 0 fully saturated rings. The van der Waals surface area contributed by atoms with Gasteiger partial charge in [-0.15, -0.1) is 0 Å². The number of nitrogens with zero attached hydrogens (tertiary/aromatic N) is 1. The van der Waals surface area contributed by atoms with Crippen molar-refractivity contribution in [2.75, 3.05) is 6.54 Å². The third-order valence-corrected chi connectivity index (χ3v) is 3.22. The maximum absolute atomic E-state index is 12.0. The fourth-order valence-electron chi connectivity index (χ4n) is 1.86. The Labute approximate surface area is 136 Å². The zero-order chi connectivity index (χ0) is 16.8. The number of halogens is 3. The van der Waals surface area contributed by atoms with Crippen LogP contribution >= 0.6 is 11.6 Å². The lowest BCUT2D eigenvalue weighted by Gasteiger charge is -2.10. The van der Waals surface area contributed by atoms with Crippen molar-refractivity contribution < 1.29 is 23.7 Å². The Morgan fingerprint density at radius 3 is 2.52 bits per heavy atom. The minimum atomic E-state index is -2.89. The fourth-order valence-corrected chi connectivity index (χ4v) is 2.04. The van der Waals surface area contributed by atoms with Gasteiger partial charge in [0, 0.05) is 16.8 Å². The quantitative estimate of drug-likeness (QED) is 0.786. The number of aliphatic imine (C=N–C) groups is 1. The fraction of sp³-hybridized carbons (Fsp3) is 0.188. The molecule has 0 aliphatic rings. The molecule has 0 saturated heterocycles. The molecule has 7 heteroatoms. The highest BCUT2D eigenvalue weighted by Gasteiger charge is 2.08. The van der Waals surface area contributed by atoms with Crippen LogP contribution in [0.1, 0.15) is 17.2 Å². The van der Waals surface area contributed by atoms with Gasteiger partial charge < -0.3 is 14.9 Å². The van der Waals surface area contributed by atoms with E-state index in [0.717, 1.165) is 0 Å². The first-order valence-corrected chi connectivity index (χ1v) is 7.04. The Hall–Kier alpha value is -2.18. The van der Waals surface area contributed by atoms with Gasteiger partial charge in [0.2, 0.25) is 0 Å². The molecule has 122 valence electrons. The summed E-state index contributed by atoms with van der Waals surface area (Å²) in [5, 5.41) is 20.1. The summed E-state index contributed by atoms with van der Waals surface area (Å²) in [5.41, 5.74) is 0.949. The van der Waals surface area contributed by atoms with Gasteiger partial charge in [-0.25, -0.2) is 0 Å². The second-order valence-corrected chi connectivity index (χ2v) is 5.10. The van der Waals surface area contributed by atoms with Crippen LogP contribution in [0.4, 0.5) is 8.78 Å². The van der Waals surface area contributed by atoms with E-state index in [2.05, 4.69) is 9.73 Å². The first-order valence-electron chi connectivity index (χ1n) is 6.67. The molecule has 2 aromatic carbocycles. The predicted molar refractivity (Wildman–Crippen MR) is 83.6 cm³/mol. The summed E-state index contributed by atoms with van der Waals surface area (Å²) in [7, 11) is 0. The van der Waals surface area contributed by atoms with E-state index in [1.165, 1.54) is 36.5 Å². The number of aliphatic hydroxyl groups excluding tert-OH is 1. The van der Waals surface area contributed by atoms with Crippen LogP contribution in [0.5, 0.6) is 11.5 Å². The molecule has 0 amide bonds. The van der Waals surface area contributed by atoms with E-state index in [9.17, 15) is 19.0 Å². The van der Waals surface area contributed by atoms with Crippen molar-refractivity contribution in [3.05, 3.63) is 58.6 Å². The molecule has 0 radical (unpaired) electrons. The molecule has 2 rings (SSSR count). The van der Waals surface area contributed by atoms with E-state index >= 15 is 0 Å². The molecule has 0 spiro atoms. The minimum Gasteiger partial charge on any atom is -0.507 e. The summed E-state index contributed by atoms with van der Waals surface area (Å²) in [5.74, 6) is 0.0458. The number of aromatic hydroxyl groups is 1. The highest BCUT2D eigenvalue weighted by atomic mass is 35.5. The van der Waals surface area contributed by atoms with Gasteiger partial charge in [0.05, 0.1) is 12.6 Å². The first-order chi connectivity index (χ1) is 11.0. The number of hydrogen-bond acceptors (Lipinski definition) is 4. The lowest BCUT2D eigenvalue weighted by molar-refractivity contribution is -0.0498. The highest BCUT2D eigenvalue weighted by molar-refractivity contribution is 6.30. The van der Waals surface area contributed by atoms with Crippen molar-refractivity contribution in [3.63, 3.8) is 0 Å². The molecule has 0 heterocycles. The molecule has 0 aliphatic heterocycles. The lowest BCUT2D eigenvalue weighted by atomic mass is 10.1. The van der Waals surface area contributed by atoms with Gasteiger partial charge in [-0.05, 0) is 35.9 Å². The number of phenolic OH excluding ortho intramolecular Hbond substituents is 1. The van der Waals surface area contributed by atoms with Crippen molar-refractivity contribution in [1.82, 2.24) is 0 Å². The number of rotatable bonds is 6. The van der Waals surface area contributed by atoms with E-state index in [0.29, 0.717) is 16.1 Å². The largest absolute Gasteiger partial charge is 0.507 e. The summed E-state index contributed by atoms with van der Waals surface area (Å²) < 4.78 is 28.3. The lowest BCUT2D eigenvalue weighted by Crippen LogP contribution is -2.04. The van der Waals surface area contributed by atoms with Crippen LogP contribution < -0.4 is 4.74 Å². The Morgan fingerprint density at radius 1 is 1.17 bits per heavy atom. The Morgan fingerprint density at radius 2 is 1.87 bits per heavy atom. The van der Waals surface area contributed by atoms with Crippen LogP contribution in [-0.4, -0.2) is 29.6 Å². The molecule has 4 nitrogen and oxygen atoms in total. The maximum Gasteiger partial charge on any atom is 0.387 e. The molecule has 0 saturated carbocycles. The summed E-state index contributed by atoms with van der Waals surface area (Å²) in [6.07, 6.45) is 0.492. The second kappa shape index (κ2) is 7.89. The number of phenols is 1. The molecule has 1 unspecified atom stereocenters. The van der Waals surface area contributed by atoms with E-state index in [1.807, 2.05) is 0 Å². The van der Waals surface area contributed by atoms with Crippen LogP contribution in [0.25, 0.3) is 0 Å². The van der Waals surface area contributed by atoms with E-state index in [1.54, 1.807) is 12.1 Å². The molecule has 23 heavy (non-hydrogen) atoms. The monoisotopic (exact) mass is 341 g/mol. The second-order valence-electron chi connectivity index (χ2n) is 4.66. The highest BCUT2D eigenvalue weighted by Crippen LogP contribution is 2.21. The van der Waals surface area contributed by atoms with Crippen LogP contribution in [0.3, 0.4) is 0 Å². The van der Waals surface area contributed by atoms with Crippen molar-refractivity contribution in [2.45, 2.75) is 12.7 Å². The third-order valence-electron chi connectivity index (χ3n) is 2.99. The van der Waals surface area contributed by atoms with Crippen LogP contribution in [0.15, 0.2) is 47.5 Å². The van der Waals surface area contributed by atoms with Crippen LogP contribution in [-0.2, 0) is 0 Å². The van der Waals surface area contributed by atoms with Crippen molar-refractivity contribution in [1.29, 1.82) is 0 Å². The van der Waals surface area contributed by atoms with E-state index < -0.39 is 12.7 Å². The Kier molecular flexibility index (Phi) is 5.90. The van der Waals surface area contributed by atoms with E-state index in [4.69, 9.17) is 11.6 Å². The predicted octanol–water partition coefficient (Wildman–Crippen LogP) is 3.80. The SMILES string of the molecule is Oc1ccc(Cl)cc1C=NCC(O)c1ccc(OC(F)F)cc1. The minimum absolute atomic E-state index is 0.0169. The molecule has 1 atom stereocenters. The van der Waals surface area contributed by atoms with Crippen LogP contribution in [0, 0.1) is 0 Å². The van der Waals surface area contributed by atoms with Gasteiger partial charge in [-0.2, -0.15) is 8.78 Å². The zero-order valence-electron chi connectivity index (χ0n) is 11.9. The molecular formula is C16H14ClF2NO3. The number of benzene rings is 2. The normalized spacial score (nSPS) is 12.7. The Balaban J connectivity index is 1.97. The standard InChI is InChI=1S/C16H14ClF2NO3/c17-12-3-6-14(21)11(7-12)8-20-9-15(22)10-1-4-13(5-2-10)23-16(18)19/h1-8,15-16,21-22H,9H2. The summed E-state index contributed by atoms with van der Waals surface area (Å²) in [4.78, 5) is 4.05. The molecule has 0 bridgehead atoms. The summed E-state index contributed by atoms with van der Waals surface area (Å²) in [6.45, 7) is -2.85. The third kappa shape index (κ3) is 5.19. The average molecular weight is 342 g/mol. The topological polar surface area (TPSA) is 62.1 Å². The average Bonchev–Trinajstić information content (AvgIpc) is 2.50. The summed E-state index contributed by atoms with van der Waals surface area (Å²) >= 11 is 5.82. The van der Waals surface area contributed by atoms with Gasteiger partial charge in [-0.3, -0.25) is 4.99 Å². The first kappa shape index (κ1) is 17.2. The van der Waals surface area contributed by atoms with Crippen LogP contribution in [0.2, 0.25) is 5.02 Å². The van der Waals surface area contributed by atoms with Gasteiger partial charge in [0.25, 0.3) is 0 Å². The number of alkyl halides is 2. The van der Waals surface area contributed by atoms with Gasteiger partial charge in [-0.1, -0.05) is 23.7 Å². The number of hydrogen-bond donors (Lipinski definition) is 2. The smallest absolute Gasteiger partial charge is 0.387 e. The van der Waals surface area contributed by atoms with Gasteiger partial charge >= 0.3 is 6.61 Å². The molecule has 0 aliphatic carbocycles. The van der Waals surface area contributed by atoms with Crippen molar-refractivity contribution in [3.8, 4) is 11.5 Å². The molecular weight excluding hydrogens is 328 g/mol. The molecule has 2 aromatic rings. The maximum atomic E-state index is 12.0. The van der Waals surface area contributed by atoms with Crippen molar-refractivity contribution in [2.24, 2.45) is 4.99 Å². The molecule has 2 N–H and O–H groups in total. The summed E-state index contributed by atoms with van der Waals surface area (Å²) in [6, 6.07) is 10.2. The van der Waals surface area contributed by atoms with E-state index in [-0.39, 0.29) is 18.0 Å². The Bertz CT molecular complexity index is 678. The number of ether oxygens (including phenoxy) is 1.